The summed E-state index contributed by atoms with van der Waals surface area (Å²) in [7, 11) is 0. The van der Waals surface area contributed by atoms with E-state index in [1.165, 1.54) is 0 Å². The van der Waals surface area contributed by atoms with Crippen molar-refractivity contribution in [1.82, 2.24) is 4.98 Å². The number of nitrogen functional groups attached to an aromatic ring is 2. The van der Waals surface area contributed by atoms with Crippen molar-refractivity contribution in [3.63, 3.8) is 0 Å². The highest BCUT2D eigenvalue weighted by Crippen LogP contribution is 2.21. The number of anilines is 3. The Labute approximate surface area is 95.4 Å². The SMILES string of the molecule is C[C@@H]1CN(c2ccc(N)c(N)n2)C[C@H](C)O1. The zero-order valence-electron chi connectivity index (χ0n) is 9.68. The molecule has 0 unspecified atom stereocenters. The second-order valence-electron chi connectivity index (χ2n) is 4.31. The Hall–Kier alpha value is -1.49. The Morgan fingerprint density at radius 2 is 1.88 bits per heavy atom. The van der Waals surface area contributed by atoms with Gasteiger partial charge in [0.05, 0.1) is 17.9 Å². The highest BCUT2D eigenvalue weighted by molar-refractivity contribution is 5.62. The molecule has 0 spiro atoms. The third-order valence-corrected chi connectivity index (χ3v) is 2.69. The fourth-order valence-corrected chi connectivity index (χ4v) is 2.02. The summed E-state index contributed by atoms with van der Waals surface area (Å²) < 4.78 is 5.67. The molecule has 2 heterocycles. The van der Waals surface area contributed by atoms with Gasteiger partial charge in [-0.15, -0.1) is 0 Å². The lowest BCUT2D eigenvalue weighted by Gasteiger charge is -2.36. The summed E-state index contributed by atoms with van der Waals surface area (Å²) in [5, 5.41) is 0. The van der Waals surface area contributed by atoms with Gasteiger partial charge in [0.2, 0.25) is 0 Å². The van der Waals surface area contributed by atoms with Crippen LogP contribution in [0.5, 0.6) is 0 Å². The number of morpholine rings is 1. The van der Waals surface area contributed by atoms with E-state index in [9.17, 15) is 0 Å². The Kier molecular flexibility index (Phi) is 2.87. The first kappa shape index (κ1) is 11.0. The summed E-state index contributed by atoms with van der Waals surface area (Å²) in [5.41, 5.74) is 11.9. The summed E-state index contributed by atoms with van der Waals surface area (Å²) in [6.45, 7) is 5.79. The minimum absolute atomic E-state index is 0.212. The molecule has 16 heavy (non-hydrogen) atoms. The predicted molar refractivity (Wildman–Crippen MR) is 65.3 cm³/mol. The normalized spacial score (nSPS) is 25.8. The van der Waals surface area contributed by atoms with Crippen LogP contribution in [0.4, 0.5) is 17.3 Å². The van der Waals surface area contributed by atoms with Crippen LogP contribution in [0.2, 0.25) is 0 Å². The molecule has 0 radical (unpaired) electrons. The third kappa shape index (κ3) is 2.19. The van der Waals surface area contributed by atoms with E-state index in [4.69, 9.17) is 16.2 Å². The van der Waals surface area contributed by atoms with Crippen molar-refractivity contribution >= 4 is 17.3 Å². The summed E-state index contributed by atoms with van der Waals surface area (Å²) in [6.07, 6.45) is 0.425. The summed E-state index contributed by atoms with van der Waals surface area (Å²) in [5.74, 6) is 1.26. The molecule has 1 saturated heterocycles. The van der Waals surface area contributed by atoms with Crippen LogP contribution in [0.15, 0.2) is 12.1 Å². The Bertz CT molecular complexity index is 372. The van der Waals surface area contributed by atoms with E-state index in [2.05, 4.69) is 23.7 Å². The van der Waals surface area contributed by atoms with Crippen LogP contribution in [0.1, 0.15) is 13.8 Å². The van der Waals surface area contributed by atoms with E-state index in [0.29, 0.717) is 11.5 Å². The number of ether oxygens (including phenoxy) is 1. The minimum Gasteiger partial charge on any atom is -0.396 e. The molecule has 88 valence electrons. The average molecular weight is 222 g/mol. The molecule has 5 nitrogen and oxygen atoms in total. The van der Waals surface area contributed by atoms with Gasteiger partial charge in [-0.05, 0) is 26.0 Å². The number of aromatic nitrogens is 1. The molecule has 1 aromatic rings. The first-order valence-electron chi connectivity index (χ1n) is 5.48. The zero-order valence-corrected chi connectivity index (χ0v) is 9.68. The van der Waals surface area contributed by atoms with Crippen LogP contribution in [-0.4, -0.2) is 30.3 Å². The van der Waals surface area contributed by atoms with Gasteiger partial charge in [-0.3, -0.25) is 0 Å². The number of nitrogens with zero attached hydrogens (tertiary/aromatic N) is 2. The number of hydrogen-bond donors (Lipinski definition) is 2. The molecule has 2 rings (SSSR count). The van der Waals surface area contributed by atoms with E-state index in [0.717, 1.165) is 18.9 Å². The third-order valence-electron chi connectivity index (χ3n) is 2.69. The van der Waals surface area contributed by atoms with Gasteiger partial charge in [-0.1, -0.05) is 0 Å². The van der Waals surface area contributed by atoms with Crippen molar-refractivity contribution in [3.8, 4) is 0 Å². The van der Waals surface area contributed by atoms with Crippen molar-refractivity contribution in [1.29, 1.82) is 0 Å². The lowest BCUT2D eigenvalue weighted by Crippen LogP contribution is -2.45. The molecule has 0 amide bonds. The monoisotopic (exact) mass is 222 g/mol. The van der Waals surface area contributed by atoms with Crippen molar-refractivity contribution in [3.05, 3.63) is 12.1 Å². The Morgan fingerprint density at radius 1 is 1.25 bits per heavy atom. The Morgan fingerprint density at radius 3 is 2.44 bits per heavy atom. The number of hydrogen-bond acceptors (Lipinski definition) is 5. The first-order valence-corrected chi connectivity index (χ1v) is 5.48. The lowest BCUT2D eigenvalue weighted by molar-refractivity contribution is -0.00544. The smallest absolute Gasteiger partial charge is 0.149 e. The summed E-state index contributed by atoms with van der Waals surface area (Å²) in [4.78, 5) is 6.46. The van der Waals surface area contributed by atoms with Crippen LogP contribution in [0.25, 0.3) is 0 Å². The summed E-state index contributed by atoms with van der Waals surface area (Å²) in [6, 6.07) is 3.69. The maximum absolute atomic E-state index is 5.70. The molecule has 1 fully saturated rings. The fourth-order valence-electron chi connectivity index (χ4n) is 2.02. The van der Waals surface area contributed by atoms with Gasteiger partial charge >= 0.3 is 0 Å². The van der Waals surface area contributed by atoms with Gasteiger partial charge in [0.25, 0.3) is 0 Å². The lowest BCUT2D eigenvalue weighted by atomic mass is 10.2. The predicted octanol–water partition coefficient (Wildman–Crippen LogP) is 0.860. The molecule has 0 saturated carbocycles. The van der Waals surface area contributed by atoms with Crippen LogP contribution in [-0.2, 0) is 4.74 Å². The minimum atomic E-state index is 0.212. The maximum Gasteiger partial charge on any atom is 0.149 e. The van der Waals surface area contributed by atoms with Gasteiger partial charge in [0.1, 0.15) is 11.6 Å². The molecule has 0 aromatic carbocycles. The van der Waals surface area contributed by atoms with E-state index >= 15 is 0 Å². The standard InChI is InChI=1S/C11H18N4O/c1-7-5-15(6-8(2)16-7)10-4-3-9(12)11(13)14-10/h3-4,7-8H,5-6,12H2,1-2H3,(H2,13,14)/t7-,8+. The van der Waals surface area contributed by atoms with Crippen LogP contribution < -0.4 is 16.4 Å². The molecule has 0 aliphatic carbocycles. The van der Waals surface area contributed by atoms with Crippen molar-refractivity contribution in [2.45, 2.75) is 26.1 Å². The van der Waals surface area contributed by atoms with Crippen LogP contribution in [0, 0.1) is 0 Å². The van der Waals surface area contributed by atoms with Crippen molar-refractivity contribution in [2.75, 3.05) is 29.5 Å². The average Bonchev–Trinajstić information content (AvgIpc) is 2.20. The van der Waals surface area contributed by atoms with Crippen molar-refractivity contribution < 1.29 is 4.74 Å². The first-order chi connectivity index (χ1) is 7.56. The molecule has 4 N–H and O–H groups in total. The van der Waals surface area contributed by atoms with Gasteiger partial charge < -0.3 is 21.1 Å². The van der Waals surface area contributed by atoms with Gasteiger partial charge in [0, 0.05) is 13.1 Å². The molecule has 1 aliphatic heterocycles. The molecule has 1 aromatic heterocycles. The highest BCUT2D eigenvalue weighted by atomic mass is 16.5. The fraction of sp³-hybridized carbons (Fsp3) is 0.545. The van der Waals surface area contributed by atoms with E-state index in [1.54, 1.807) is 6.07 Å². The highest BCUT2D eigenvalue weighted by Gasteiger charge is 2.23. The van der Waals surface area contributed by atoms with E-state index < -0.39 is 0 Å². The molecular formula is C11H18N4O. The number of nitrogens with two attached hydrogens (primary N) is 2. The largest absolute Gasteiger partial charge is 0.396 e. The maximum atomic E-state index is 5.70. The zero-order chi connectivity index (χ0) is 11.7. The number of pyridine rings is 1. The molecule has 1 aliphatic rings. The second kappa shape index (κ2) is 4.17. The molecule has 2 atom stereocenters. The van der Waals surface area contributed by atoms with E-state index in [-0.39, 0.29) is 12.2 Å². The topological polar surface area (TPSA) is 77.4 Å². The van der Waals surface area contributed by atoms with Gasteiger partial charge in [-0.2, -0.15) is 0 Å². The molecule has 0 bridgehead atoms. The van der Waals surface area contributed by atoms with Crippen LogP contribution in [0.3, 0.4) is 0 Å². The Balaban J connectivity index is 2.19. The van der Waals surface area contributed by atoms with Crippen molar-refractivity contribution in [2.24, 2.45) is 0 Å². The quantitative estimate of drug-likeness (QED) is 0.737. The molecule has 5 heteroatoms. The second-order valence-corrected chi connectivity index (χ2v) is 4.31. The van der Waals surface area contributed by atoms with Crippen LogP contribution >= 0.6 is 0 Å². The molecular weight excluding hydrogens is 204 g/mol. The van der Waals surface area contributed by atoms with E-state index in [1.807, 2.05) is 6.07 Å². The van der Waals surface area contributed by atoms with Gasteiger partial charge in [-0.25, -0.2) is 4.98 Å². The number of rotatable bonds is 1. The van der Waals surface area contributed by atoms with Gasteiger partial charge in [0.15, 0.2) is 0 Å². The summed E-state index contributed by atoms with van der Waals surface area (Å²) >= 11 is 0.